The van der Waals surface area contributed by atoms with Crippen molar-refractivity contribution in [1.29, 1.82) is 0 Å². The Morgan fingerprint density at radius 3 is 2.82 bits per heavy atom. The van der Waals surface area contributed by atoms with Crippen LogP contribution in [0.25, 0.3) is 11.3 Å². The molecular weight excluding hydrogens is 278 g/mol. The summed E-state index contributed by atoms with van der Waals surface area (Å²) in [6.45, 7) is 5.23. The monoisotopic (exact) mass is 293 g/mol. The number of benzene rings is 1. The van der Waals surface area contributed by atoms with E-state index in [4.69, 9.17) is 5.73 Å². The van der Waals surface area contributed by atoms with Crippen molar-refractivity contribution in [2.75, 3.05) is 5.73 Å². The highest BCUT2D eigenvalue weighted by molar-refractivity contribution is 9.10. The third-order valence-electron chi connectivity index (χ3n) is 2.54. The quantitative estimate of drug-likeness (QED) is 0.940. The molecule has 2 rings (SSSR count). The number of hydrogen-bond donors (Lipinski definition) is 1. The first-order valence-corrected chi connectivity index (χ1v) is 6.43. The molecule has 2 aromatic rings. The van der Waals surface area contributed by atoms with Crippen LogP contribution in [0.15, 0.2) is 35.1 Å². The van der Waals surface area contributed by atoms with E-state index < -0.39 is 0 Å². The van der Waals surface area contributed by atoms with Gasteiger partial charge in [-0.15, -0.1) is 0 Å². The molecule has 0 amide bonds. The Hall–Kier alpha value is -1.29. The van der Waals surface area contributed by atoms with Crippen LogP contribution < -0.4 is 5.73 Å². The zero-order valence-corrected chi connectivity index (χ0v) is 11.6. The van der Waals surface area contributed by atoms with Crippen LogP contribution in [0.5, 0.6) is 0 Å². The lowest BCUT2D eigenvalue weighted by Gasteiger charge is -2.08. The summed E-state index contributed by atoms with van der Waals surface area (Å²) in [5, 5.41) is 0. The number of nitrogens with zero attached hydrogens (tertiary/aromatic N) is 2. The van der Waals surface area contributed by atoms with Gasteiger partial charge in [-0.25, -0.2) is 4.98 Å². The predicted octanol–water partition coefficient (Wildman–Crippen LogP) is 3.55. The van der Waals surface area contributed by atoms with Crippen LogP contribution in [0.2, 0.25) is 0 Å². The van der Waals surface area contributed by atoms with Crippen molar-refractivity contribution < 1.29 is 0 Å². The van der Waals surface area contributed by atoms with Gasteiger partial charge in [-0.1, -0.05) is 41.9 Å². The Labute approximate surface area is 110 Å². The van der Waals surface area contributed by atoms with Gasteiger partial charge in [-0.05, 0) is 18.1 Å². The Morgan fingerprint density at radius 1 is 1.41 bits per heavy atom. The maximum Gasteiger partial charge on any atom is 0.131 e. The van der Waals surface area contributed by atoms with Crippen LogP contribution in [-0.2, 0) is 6.54 Å². The van der Waals surface area contributed by atoms with Gasteiger partial charge in [0.25, 0.3) is 0 Å². The summed E-state index contributed by atoms with van der Waals surface area (Å²) in [5.41, 5.74) is 8.01. The molecule has 0 aliphatic carbocycles. The molecule has 4 heteroatoms. The number of anilines is 1. The number of nitrogen functional groups attached to an aromatic ring is 1. The summed E-state index contributed by atoms with van der Waals surface area (Å²) in [7, 11) is 0. The SMILES string of the molecule is CC(C)Cn1cnc(-c2cccc(Br)c2)c1N. The fraction of sp³-hybridized carbons (Fsp3) is 0.308. The highest BCUT2D eigenvalue weighted by atomic mass is 79.9. The molecule has 3 nitrogen and oxygen atoms in total. The number of rotatable bonds is 3. The topological polar surface area (TPSA) is 43.8 Å². The van der Waals surface area contributed by atoms with E-state index in [-0.39, 0.29) is 0 Å². The fourth-order valence-corrected chi connectivity index (χ4v) is 2.19. The van der Waals surface area contributed by atoms with Gasteiger partial charge in [0.15, 0.2) is 0 Å². The number of halogens is 1. The van der Waals surface area contributed by atoms with Gasteiger partial charge in [0.05, 0.1) is 6.33 Å². The standard InChI is InChI=1S/C13H16BrN3/c1-9(2)7-17-8-16-12(13(17)15)10-4-3-5-11(14)6-10/h3-6,8-9H,7,15H2,1-2H3. The van der Waals surface area contributed by atoms with Crippen LogP contribution in [0.4, 0.5) is 5.82 Å². The summed E-state index contributed by atoms with van der Waals surface area (Å²) >= 11 is 3.46. The maximum absolute atomic E-state index is 6.12. The molecule has 1 aromatic heterocycles. The summed E-state index contributed by atoms with van der Waals surface area (Å²) < 4.78 is 3.04. The van der Waals surface area contributed by atoms with Gasteiger partial charge >= 0.3 is 0 Å². The summed E-state index contributed by atoms with van der Waals surface area (Å²) in [4.78, 5) is 4.40. The molecule has 0 saturated heterocycles. The molecule has 2 N–H and O–H groups in total. The Kier molecular flexibility index (Phi) is 3.52. The highest BCUT2D eigenvalue weighted by Crippen LogP contribution is 2.26. The van der Waals surface area contributed by atoms with Crippen molar-refractivity contribution in [2.24, 2.45) is 5.92 Å². The summed E-state index contributed by atoms with van der Waals surface area (Å²) in [5.74, 6) is 1.29. The first-order chi connectivity index (χ1) is 8.08. The van der Waals surface area contributed by atoms with Crippen LogP contribution in [-0.4, -0.2) is 9.55 Å². The first kappa shape index (κ1) is 12.2. The van der Waals surface area contributed by atoms with Crippen molar-refractivity contribution in [3.8, 4) is 11.3 Å². The average Bonchev–Trinajstić information content (AvgIpc) is 2.60. The lowest BCUT2D eigenvalue weighted by atomic mass is 10.1. The van der Waals surface area contributed by atoms with E-state index in [1.807, 2.05) is 35.2 Å². The van der Waals surface area contributed by atoms with Gasteiger partial charge in [-0.3, -0.25) is 0 Å². The molecule has 0 fully saturated rings. The lowest BCUT2D eigenvalue weighted by molar-refractivity contribution is 0.527. The Bertz CT molecular complexity index is 517. The molecule has 0 radical (unpaired) electrons. The van der Waals surface area contributed by atoms with Crippen molar-refractivity contribution >= 4 is 21.7 Å². The highest BCUT2D eigenvalue weighted by Gasteiger charge is 2.10. The minimum absolute atomic E-state index is 0.557. The summed E-state index contributed by atoms with van der Waals surface area (Å²) in [6, 6.07) is 8.02. The van der Waals surface area contributed by atoms with Gasteiger partial charge < -0.3 is 10.3 Å². The van der Waals surface area contributed by atoms with Crippen molar-refractivity contribution in [1.82, 2.24) is 9.55 Å². The number of imidazole rings is 1. The average molecular weight is 294 g/mol. The molecule has 90 valence electrons. The Morgan fingerprint density at radius 2 is 2.18 bits per heavy atom. The number of hydrogen-bond acceptors (Lipinski definition) is 2. The molecule has 1 aromatic carbocycles. The summed E-state index contributed by atoms with van der Waals surface area (Å²) in [6.07, 6.45) is 1.81. The molecule has 17 heavy (non-hydrogen) atoms. The van der Waals surface area contributed by atoms with Gasteiger partial charge in [0.2, 0.25) is 0 Å². The van der Waals surface area contributed by atoms with E-state index in [1.165, 1.54) is 0 Å². The zero-order valence-electron chi connectivity index (χ0n) is 10.0. The van der Waals surface area contributed by atoms with E-state index in [9.17, 15) is 0 Å². The van der Waals surface area contributed by atoms with Crippen molar-refractivity contribution in [2.45, 2.75) is 20.4 Å². The van der Waals surface area contributed by atoms with Gasteiger partial charge in [0, 0.05) is 16.6 Å². The van der Waals surface area contributed by atoms with E-state index in [0.717, 1.165) is 28.1 Å². The molecule has 0 atom stereocenters. The van der Waals surface area contributed by atoms with E-state index in [2.05, 4.69) is 34.8 Å². The van der Waals surface area contributed by atoms with Crippen molar-refractivity contribution in [3.63, 3.8) is 0 Å². The predicted molar refractivity (Wildman–Crippen MR) is 74.6 cm³/mol. The van der Waals surface area contributed by atoms with E-state index in [0.29, 0.717) is 5.92 Å². The van der Waals surface area contributed by atoms with Crippen LogP contribution in [0.3, 0.4) is 0 Å². The smallest absolute Gasteiger partial charge is 0.131 e. The Balaban J connectivity index is 2.37. The zero-order chi connectivity index (χ0) is 12.4. The second-order valence-corrected chi connectivity index (χ2v) is 5.45. The fourth-order valence-electron chi connectivity index (χ4n) is 1.79. The second kappa shape index (κ2) is 4.92. The minimum atomic E-state index is 0.557. The molecule has 0 aliphatic rings. The largest absolute Gasteiger partial charge is 0.383 e. The van der Waals surface area contributed by atoms with E-state index in [1.54, 1.807) is 0 Å². The van der Waals surface area contributed by atoms with Crippen molar-refractivity contribution in [3.05, 3.63) is 35.1 Å². The third-order valence-corrected chi connectivity index (χ3v) is 3.03. The lowest BCUT2D eigenvalue weighted by Crippen LogP contribution is -2.06. The first-order valence-electron chi connectivity index (χ1n) is 5.64. The molecule has 0 saturated carbocycles. The molecular formula is C13H16BrN3. The normalized spacial score (nSPS) is 11.1. The maximum atomic E-state index is 6.12. The molecule has 0 aliphatic heterocycles. The van der Waals surface area contributed by atoms with Crippen LogP contribution in [0.1, 0.15) is 13.8 Å². The molecule has 1 heterocycles. The van der Waals surface area contributed by atoms with E-state index >= 15 is 0 Å². The second-order valence-electron chi connectivity index (χ2n) is 4.53. The number of nitrogens with two attached hydrogens (primary N) is 1. The third kappa shape index (κ3) is 2.69. The minimum Gasteiger partial charge on any atom is -0.383 e. The van der Waals surface area contributed by atoms with Crippen LogP contribution in [0, 0.1) is 5.92 Å². The molecule has 0 spiro atoms. The van der Waals surface area contributed by atoms with Gasteiger partial charge in [-0.2, -0.15) is 0 Å². The number of aromatic nitrogens is 2. The van der Waals surface area contributed by atoms with Gasteiger partial charge in [0.1, 0.15) is 11.5 Å². The molecule has 0 unspecified atom stereocenters. The van der Waals surface area contributed by atoms with Crippen LogP contribution >= 0.6 is 15.9 Å². The molecule has 0 bridgehead atoms.